The maximum atomic E-state index is 2.45. The minimum Gasteiger partial charge on any atom is -1.00 e. The van der Waals surface area contributed by atoms with Crippen LogP contribution in [0, 0.1) is 0 Å². The van der Waals surface area contributed by atoms with Crippen molar-refractivity contribution >= 4 is 25.1 Å². The maximum absolute atomic E-state index is 2.45. The maximum Gasteiger partial charge on any atom is 0.0937 e. The first-order valence-electron chi connectivity index (χ1n) is 12.2. The minimum atomic E-state index is -1.13. The first-order chi connectivity index (χ1) is 16.3. The number of hydrogen-bond acceptors (Lipinski definition) is 0. The van der Waals surface area contributed by atoms with E-state index in [2.05, 4.69) is 136 Å². The molecule has 0 saturated heterocycles. The smallest absolute Gasteiger partial charge is 0.0937 e. The summed E-state index contributed by atoms with van der Waals surface area (Å²) in [5.74, 6) is 0. The van der Waals surface area contributed by atoms with Crippen molar-refractivity contribution in [1.82, 2.24) is 0 Å². The Morgan fingerprint density at radius 3 is 0.972 bits per heavy atom. The van der Waals surface area contributed by atoms with Crippen LogP contribution in [-0.2, 0) is 25.2 Å². The van der Waals surface area contributed by atoms with Gasteiger partial charge in [-0.05, 0) is 59.4 Å². The third-order valence-corrected chi connectivity index (χ3v) is 12.5. The van der Waals surface area contributed by atoms with E-state index in [9.17, 15) is 0 Å². The fourth-order valence-electron chi connectivity index (χ4n) is 4.67. The van der Waals surface area contributed by atoms with E-state index in [1.165, 1.54) is 45.2 Å². The van der Waals surface area contributed by atoms with Gasteiger partial charge >= 0.3 is 0 Å². The quantitative estimate of drug-likeness (QED) is 0.244. The highest BCUT2D eigenvalue weighted by molar-refractivity contribution is 7.81. The van der Waals surface area contributed by atoms with Gasteiger partial charge in [-0.25, -0.2) is 0 Å². The van der Waals surface area contributed by atoms with Gasteiger partial charge in [-0.2, -0.15) is 0 Å². The van der Waals surface area contributed by atoms with Gasteiger partial charge < -0.3 is 34.0 Å². The number of rotatable bonds is 9. The molecular weight excluding hydrogens is 606 g/mol. The molecule has 0 atom stereocenters. The molecule has 0 spiro atoms. The van der Waals surface area contributed by atoms with E-state index < -0.39 is 14.5 Å². The summed E-state index contributed by atoms with van der Waals surface area (Å²) in [5, 5.41) is 3.02. The lowest BCUT2D eigenvalue weighted by atomic mass is 10.0. The molecule has 0 radical (unpaired) electrons. The van der Waals surface area contributed by atoms with Crippen LogP contribution in [0.25, 0.3) is 0 Å². The van der Waals surface area contributed by atoms with E-state index in [1.54, 1.807) is 0 Å². The van der Waals surface area contributed by atoms with E-state index >= 15 is 0 Å². The van der Waals surface area contributed by atoms with Crippen LogP contribution in [0.5, 0.6) is 0 Å². The molecule has 190 valence electrons. The van der Waals surface area contributed by atoms with E-state index in [1.807, 2.05) is 0 Å². The second-order valence-electron chi connectivity index (χ2n) is 10.5. The summed E-state index contributed by atoms with van der Waals surface area (Å²) in [6, 6.07) is 40.8. The molecule has 0 aromatic heterocycles. The summed E-state index contributed by atoms with van der Waals surface area (Å²) < 4.78 is 0. The highest BCUT2D eigenvalue weighted by Crippen LogP contribution is 2.53. The molecule has 0 saturated carbocycles. The van der Waals surface area contributed by atoms with Crippen molar-refractivity contribution in [2.45, 2.75) is 25.2 Å². The van der Waals surface area contributed by atoms with Gasteiger partial charge in [-0.1, -0.05) is 84.9 Å². The zero-order valence-corrected chi connectivity index (χ0v) is 26.8. The van der Waals surface area contributed by atoms with Crippen LogP contribution in [0.4, 0.5) is 0 Å². The van der Waals surface area contributed by atoms with E-state index in [0.29, 0.717) is 0 Å². The zero-order valence-electron chi connectivity index (χ0n) is 21.9. The van der Waals surface area contributed by atoms with E-state index in [-0.39, 0.29) is 34.0 Å². The van der Waals surface area contributed by atoms with Gasteiger partial charge in [0.2, 0.25) is 0 Å². The molecule has 0 heterocycles. The molecular formula is C32H38Br2P2. The lowest BCUT2D eigenvalue weighted by Crippen LogP contribution is -3.00. The molecule has 0 amide bonds. The Labute approximate surface area is 241 Å². The Hall–Kier alpha value is -1.30. The monoisotopic (exact) mass is 642 g/mol. The molecule has 0 fully saturated rings. The lowest BCUT2D eigenvalue weighted by Gasteiger charge is -2.18. The van der Waals surface area contributed by atoms with Crippen molar-refractivity contribution < 1.29 is 34.0 Å². The number of hydrogen-bond donors (Lipinski definition) is 0. The summed E-state index contributed by atoms with van der Waals surface area (Å²) in [6.45, 7) is 9.79. The van der Waals surface area contributed by atoms with Crippen LogP contribution in [0.3, 0.4) is 0 Å². The van der Waals surface area contributed by atoms with Crippen LogP contribution in [0.1, 0.15) is 22.3 Å². The molecule has 36 heavy (non-hydrogen) atoms. The molecule has 4 rings (SSSR count). The molecule has 4 aromatic carbocycles. The first kappa shape index (κ1) is 30.9. The average Bonchev–Trinajstić information content (AvgIpc) is 2.85. The van der Waals surface area contributed by atoms with Crippen molar-refractivity contribution in [2.24, 2.45) is 0 Å². The van der Waals surface area contributed by atoms with Crippen LogP contribution in [0.15, 0.2) is 109 Å². The molecule has 0 aliphatic heterocycles. The zero-order chi connectivity index (χ0) is 24.0. The predicted molar refractivity (Wildman–Crippen MR) is 157 cm³/mol. The third-order valence-electron chi connectivity index (χ3n) is 6.81. The van der Waals surface area contributed by atoms with Gasteiger partial charge in [0.25, 0.3) is 0 Å². The number of halogens is 2. The highest BCUT2D eigenvalue weighted by atomic mass is 79.9. The Kier molecular flexibility index (Phi) is 12.0. The minimum absolute atomic E-state index is 0. The summed E-state index contributed by atoms with van der Waals surface area (Å²) in [6.07, 6.45) is 4.53. The summed E-state index contributed by atoms with van der Waals surface area (Å²) in [4.78, 5) is 0. The van der Waals surface area contributed by atoms with Crippen molar-refractivity contribution in [2.75, 3.05) is 26.7 Å². The number of aryl methyl sites for hydroxylation is 2. The van der Waals surface area contributed by atoms with Gasteiger partial charge in [-0.15, -0.1) is 0 Å². The predicted octanol–water partition coefficient (Wildman–Crippen LogP) is 1.69. The Bertz CT molecular complexity index is 1070. The second kappa shape index (κ2) is 14.0. The van der Waals surface area contributed by atoms with E-state index in [0.717, 1.165) is 12.8 Å². The molecule has 0 aliphatic carbocycles. The fourth-order valence-corrected chi connectivity index (χ4v) is 9.24. The standard InChI is InChI=1S/C32H38P2.2BrH/c1-33(2,31-11-7-5-8-12-31)25-29-21-17-27(18-22-29)15-16-28-19-23-30(24-20-28)26-34(3,4)32-13-9-6-10-14-32;;/h5-14,17-24H,15-16,25-26H2,1-4H3;2*1H/q+2;;/p-2. The van der Waals surface area contributed by atoms with Gasteiger partial charge in [-0.3, -0.25) is 0 Å². The van der Waals surface area contributed by atoms with Gasteiger partial charge in [0.05, 0.1) is 49.6 Å². The molecule has 0 bridgehead atoms. The fraction of sp³-hybridized carbons (Fsp3) is 0.250. The average molecular weight is 644 g/mol. The highest BCUT2D eigenvalue weighted by Gasteiger charge is 2.29. The summed E-state index contributed by atoms with van der Waals surface area (Å²) >= 11 is 0. The normalized spacial score (nSPS) is 11.3. The van der Waals surface area contributed by atoms with Gasteiger partial charge in [0.15, 0.2) is 0 Å². The molecule has 0 N–H and O–H groups in total. The Morgan fingerprint density at radius 2 is 0.667 bits per heavy atom. The third kappa shape index (κ3) is 8.63. The Balaban J connectivity index is 0.00000228. The second-order valence-corrected chi connectivity index (χ2v) is 18.9. The van der Waals surface area contributed by atoms with Crippen LogP contribution in [0.2, 0.25) is 0 Å². The van der Waals surface area contributed by atoms with Crippen molar-refractivity contribution in [1.29, 1.82) is 0 Å². The summed E-state index contributed by atoms with van der Waals surface area (Å²) in [7, 11) is -2.27. The first-order valence-corrected chi connectivity index (χ1v) is 18.0. The van der Waals surface area contributed by atoms with Crippen LogP contribution < -0.4 is 44.6 Å². The van der Waals surface area contributed by atoms with Crippen LogP contribution in [-0.4, -0.2) is 26.7 Å². The molecule has 4 aromatic rings. The van der Waals surface area contributed by atoms with Crippen molar-refractivity contribution in [3.63, 3.8) is 0 Å². The van der Waals surface area contributed by atoms with Gasteiger partial charge in [0.1, 0.15) is 0 Å². The SMILES string of the molecule is C[P+](C)(Cc1ccc(CCc2ccc(C[P+](C)(C)c3ccccc3)cc2)cc1)c1ccccc1.[Br-].[Br-]. The summed E-state index contributed by atoms with van der Waals surface area (Å²) in [5.41, 5.74) is 5.78. The number of benzene rings is 4. The Morgan fingerprint density at radius 1 is 0.389 bits per heavy atom. The molecule has 0 unspecified atom stereocenters. The topological polar surface area (TPSA) is 0 Å². The van der Waals surface area contributed by atoms with Crippen LogP contribution >= 0.6 is 14.5 Å². The molecule has 0 nitrogen and oxygen atoms in total. The van der Waals surface area contributed by atoms with Crippen molar-refractivity contribution in [3.05, 3.63) is 131 Å². The lowest BCUT2D eigenvalue weighted by molar-refractivity contribution is -0.00100. The van der Waals surface area contributed by atoms with Crippen molar-refractivity contribution in [3.8, 4) is 0 Å². The van der Waals surface area contributed by atoms with E-state index in [4.69, 9.17) is 0 Å². The molecule has 0 aliphatic rings. The molecule has 4 heteroatoms. The van der Waals surface area contributed by atoms with Gasteiger partial charge in [0, 0.05) is 14.5 Å². The largest absolute Gasteiger partial charge is 1.00 e.